The van der Waals surface area contributed by atoms with Crippen molar-refractivity contribution in [1.29, 1.82) is 0 Å². The molecule has 0 unspecified atom stereocenters. The Balaban J connectivity index is 2.11. The zero-order chi connectivity index (χ0) is 14.4. The third kappa shape index (κ3) is 3.57. The molecular weight excluding hydrogens is 252 g/mol. The molecule has 0 aliphatic rings. The molecule has 0 atom stereocenters. The van der Waals surface area contributed by atoms with E-state index in [1.807, 2.05) is 25.3 Å². The summed E-state index contributed by atoms with van der Waals surface area (Å²) in [6.45, 7) is 9.50. The molecular formula is C15H22N4O. The summed E-state index contributed by atoms with van der Waals surface area (Å²) in [5.41, 5.74) is 2.17. The molecule has 2 aromatic heterocycles. The molecule has 0 aromatic carbocycles. The fourth-order valence-electron chi connectivity index (χ4n) is 1.98. The lowest BCUT2D eigenvalue weighted by Crippen LogP contribution is -2.25. The molecule has 0 amide bonds. The van der Waals surface area contributed by atoms with Gasteiger partial charge in [-0.05, 0) is 32.5 Å². The second kappa shape index (κ2) is 7.05. The number of anilines is 1. The van der Waals surface area contributed by atoms with Crippen molar-refractivity contribution in [3.8, 4) is 0 Å². The highest BCUT2D eigenvalue weighted by molar-refractivity contribution is 5.33. The van der Waals surface area contributed by atoms with Crippen LogP contribution in [0.3, 0.4) is 0 Å². The van der Waals surface area contributed by atoms with Gasteiger partial charge in [0.15, 0.2) is 0 Å². The zero-order valence-corrected chi connectivity index (χ0v) is 12.4. The van der Waals surface area contributed by atoms with Crippen LogP contribution in [0.25, 0.3) is 0 Å². The van der Waals surface area contributed by atoms with Crippen molar-refractivity contribution in [1.82, 2.24) is 15.3 Å². The minimum absolute atomic E-state index is 0.690. The molecule has 0 spiro atoms. The van der Waals surface area contributed by atoms with Crippen molar-refractivity contribution in [3.05, 3.63) is 41.6 Å². The fraction of sp³-hybridized carbons (Fsp3) is 0.467. The third-order valence-corrected chi connectivity index (χ3v) is 3.23. The highest BCUT2D eigenvalue weighted by Crippen LogP contribution is 2.14. The van der Waals surface area contributed by atoms with E-state index in [4.69, 9.17) is 4.42 Å². The van der Waals surface area contributed by atoms with Gasteiger partial charge in [-0.1, -0.05) is 6.92 Å². The second-order valence-corrected chi connectivity index (χ2v) is 4.65. The Labute approximate surface area is 120 Å². The van der Waals surface area contributed by atoms with E-state index in [9.17, 15) is 0 Å². The predicted octanol–water partition coefficient (Wildman–Crippen LogP) is 2.51. The number of rotatable bonds is 7. The molecule has 2 aromatic rings. The Hall–Kier alpha value is -1.88. The highest BCUT2D eigenvalue weighted by Gasteiger charge is 2.11. The van der Waals surface area contributed by atoms with E-state index >= 15 is 0 Å². The molecule has 20 heavy (non-hydrogen) atoms. The van der Waals surface area contributed by atoms with Gasteiger partial charge in [-0.25, -0.2) is 9.97 Å². The first-order valence-corrected chi connectivity index (χ1v) is 7.05. The Morgan fingerprint density at radius 1 is 1.35 bits per heavy atom. The largest absolute Gasteiger partial charge is 0.467 e. The third-order valence-electron chi connectivity index (χ3n) is 3.23. The van der Waals surface area contributed by atoms with Crippen LogP contribution in [0.1, 0.15) is 30.9 Å². The normalized spacial score (nSPS) is 10.8. The van der Waals surface area contributed by atoms with Crippen molar-refractivity contribution in [2.45, 2.75) is 33.9 Å². The van der Waals surface area contributed by atoms with Gasteiger partial charge in [0.1, 0.15) is 5.76 Å². The summed E-state index contributed by atoms with van der Waals surface area (Å²) in [7, 11) is 0. The van der Waals surface area contributed by atoms with E-state index in [1.165, 1.54) is 0 Å². The summed E-state index contributed by atoms with van der Waals surface area (Å²) in [5, 5.41) is 3.30. The Kier molecular flexibility index (Phi) is 5.12. The number of nitrogens with zero attached hydrogens (tertiary/aromatic N) is 3. The molecule has 5 heteroatoms. The van der Waals surface area contributed by atoms with Crippen LogP contribution in [-0.2, 0) is 13.1 Å². The molecule has 2 rings (SSSR count). The maximum Gasteiger partial charge on any atom is 0.225 e. The van der Waals surface area contributed by atoms with Gasteiger partial charge >= 0.3 is 0 Å². The summed E-state index contributed by atoms with van der Waals surface area (Å²) in [4.78, 5) is 11.2. The van der Waals surface area contributed by atoms with Crippen molar-refractivity contribution in [3.63, 3.8) is 0 Å². The Morgan fingerprint density at radius 2 is 2.20 bits per heavy atom. The number of hydrogen-bond acceptors (Lipinski definition) is 5. The van der Waals surface area contributed by atoms with Gasteiger partial charge in [0.05, 0.1) is 12.8 Å². The van der Waals surface area contributed by atoms with Gasteiger partial charge in [0.25, 0.3) is 0 Å². The molecule has 5 nitrogen and oxygen atoms in total. The molecule has 2 heterocycles. The van der Waals surface area contributed by atoms with Crippen LogP contribution < -0.4 is 10.2 Å². The first-order valence-electron chi connectivity index (χ1n) is 7.05. The monoisotopic (exact) mass is 274 g/mol. The number of aryl methyl sites for hydroxylation is 1. The number of hydrogen-bond donors (Lipinski definition) is 1. The van der Waals surface area contributed by atoms with Crippen LogP contribution in [0, 0.1) is 6.92 Å². The van der Waals surface area contributed by atoms with E-state index in [1.54, 1.807) is 6.26 Å². The second-order valence-electron chi connectivity index (χ2n) is 4.65. The van der Waals surface area contributed by atoms with Crippen LogP contribution in [0.5, 0.6) is 0 Å². The van der Waals surface area contributed by atoms with Crippen LogP contribution in [0.2, 0.25) is 0 Å². The summed E-state index contributed by atoms with van der Waals surface area (Å²) in [6.07, 6.45) is 3.60. The van der Waals surface area contributed by atoms with E-state index in [0.717, 1.165) is 42.6 Å². The number of aromatic nitrogens is 2. The Morgan fingerprint density at radius 3 is 2.80 bits per heavy atom. The standard InChI is InChI=1S/C15H22N4O/c1-4-16-9-13-10-17-15(18-12(13)3)19(5-2)11-14-7-6-8-20-14/h6-8,10,16H,4-5,9,11H2,1-3H3. The molecule has 0 bridgehead atoms. The summed E-state index contributed by atoms with van der Waals surface area (Å²) in [6, 6.07) is 3.86. The first kappa shape index (κ1) is 14.5. The van der Waals surface area contributed by atoms with Crippen molar-refractivity contribution in [2.24, 2.45) is 0 Å². The zero-order valence-electron chi connectivity index (χ0n) is 12.4. The maximum absolute atomic E-state index is 5.39. The smallest absolute Gasteiger partial charge is 0.225 e. The molecule has 1 N–H and O–H groups in total. The minimum Gasteiger partial charge on any atom is -0.467 e. The lowest BCUT2D eigenvalue weighted by Gasteiger charge is -2.20. The van der Waals surface area contributed by atoms with Gasteiger partial charge < -0.3 is 14.6 Å². The van der Waals surface area contributed by atoms with Crippen molar-refractivity contribution < 1.29 is 4.42 Å². The van der Waals surface area contributed by atoms with Gasteiger partial charge in [-0.2, -0.15) is 0 Å². The SMILES string of the molecule is CCNCc1cnc(N(CC)Cc2ccco2)nc1C. The van der Waals surface area contributed by atoms with Gasteiger partial charge in [-0.3, -0.25) is 0 Å². The van der Waals surface area contributed by atoms with E-state index in [0.29, 0.717) is 6.54 Å². The van der Waals surface area contributed by atoms with Crippen molar-refractivity contribution >= 4 is 5.95 Å². The summed E-state index contributed by atoms with van der Waals surface area (Å²) in [5.74, 6) is 1.67. The van der Waals surface area contributed by atoms with Gasteiger partial charge in [0, 0.05) is 30.5 Å². The molecule has 108 valence electrons. The van der Waals surface area contributed by atoms with Crippen LogP contribution >= 0.6 is 0 Å². The van der Waals surface area contributed by atoms with Crippen LogP contribution in [0.4, 0.5) is 5.95 Å². The maximum atomic E-state index is 5.39. The molecule has 0 aliphatic heterocycles. The lowest BCUT2D eigenvalue weighted by atomic mass is 10.2. The minimum atomic E-state index is 0.690. The Bertz CT molecular complexity index is 525. The van der Waals surface area contributed by atoms with E-state index in [2.05, 4.69) is 34.0 Å². The van der Waals surface area contributed by atoms with Crippen LogP contribution in [-0.4, -0.2) is 23.1 Å². The molecule has 0 saturated heterocycles. The molecule has 0 radical (unpaired) electrons. The predicted molar refractivity (Wildman–Crippen MR) is 79.6 cm³/mol. The molecule has 0 fully saturated rings. The highest BCUT2D eigenvalue weighted by atomic mass is 16.3. The number of nitrogens with one attached hydrogen (secondary N) is 1. The van der Waals surface area contributed by atoms with Crippen molar-refractivity contribution in [2.75, 3.05) is 18.0 Å². The van der Waals surface area contributed by atoms with Crippen LogP contribution in [0.15, 0.2) is 29.0 Å². The van der Waals surface area contributed by atoms with Gasteiger partial charge in [0.2, 0.25) is 5.95 Å². The quantitative estimate of drug-likeness (QED) is 0.840. The van der Waals surface area contributed by atoms with E-state index in [-0.39, 0.29) is 0 Å². The average molecular weight is 274 g/mol. The van der Waals surface area contributed by atoms with E-state index < -0.39 is 0 Å². The number of furan rings is 1. The van der Waals surface area contributed by atoms with Gasteiger partial charge in [-0.15, -0.1) is 0 Å². The fourth-order valence-corrected chi connectivity index (χ4v) is 1.98. The summed E-state index contributed by atoms with van der Waals surface area (Å²) >= 11 is 0. The topological polar surface area (TPSA) is 54.2 Å². The average Bonchev–Trinajstić information content (AvgIpc) is 2.96. The molecule has 0 saturated carbocycles. The first-order chi connectivity index (χ1) is 9.74. The molecule has 0 aliphatic carbocycles. The lowest BCUT2D eigenvalue weighted by molar-refractivity contribution is 0.501. The summed E-state index contributed by atoms with van der Waals surface area (Å²) < 4.78 is 5.39.